The van der Waals surface area contributed by atoms with Gasteiger partial charge in [-0.1, -0.05) is 31.2 Å². The van der Waals surface area contributed by atoms with E-state index in [4.69, 9.17) is 9.47 Å². The molecule has 0 spiro atoms. The molecule has 36 heavy (non-hydrogen) atoms. The summed E-state index contributed by atoms with van der Waals surface area (Å²) in [5, 5.41) is 11.2. The van der Waals surface area contributed by atoms with Crippen LogP contribution in [0.1, 0.15) is 36.3 Å². The van der Waals surface area contributed by atoms with Crippen LogP contribution in [0.3, 0.4) is 0 Å². The van der Waals surface area contributed by atoms with Gasteiger partial charge in [-0.25, -0.2) is 0 Å². The summed E-state index contributed by atoms with van der Waals surface area (Å²) >= 11 is 0. The Balaban J connectivity index is 1.35. The van der Waals surface area contributed by atoms with Gasteiger partial charge in [0.1, 0.15) is 11.5 Å². The molecule has 2 aromatic carbocycles. The third-order valence-corrected chi connectivity index (χ3v) is 6.27. The molecule has 1 aromatic heterocycles. The Morgan fingerprint density at radius 2 is 1.78 bits per heavy atom. The topological polar surface area (TPSA) is 79.8 Å². The number of piperazine rings is 1. The molecule has 4 rings (SSSR count). The summed E-state index contributed by atoms with van der Waals surface area (Å²) in [6, 6.07) is 18.2. The largest absolute Gasteiger partial charge is 0.496 e. The lowest BCUT2D eigenvalue weighted by molar-refractivity contribution is 0.0947. The van der Waals surface area contributed by atoms with Crippen molar-refractivity contribution in [2.75, 3.05) is 51.3 Å². The first-order valence-corrected chi connectivity index (χ1v) is 12.6. The highest BCUT2D eigenvalue weighted by Crippen LogP contribution is 2.30. The normalized spacial score (nSPS) is 13.9. The van der Waals surface area contributed by atoms with Crippen molar-refractivity contribution in [3.63, 3.8) is 0 Å². The molecule has 0 atom stereocenters. The molecule has 0 unspecified atom stereocenters. The van der Waals surface area contributed by atoms with E-state index >= 15 is 0 Å². The van der Waals surface area contributed by atoms with Crippen LogP contribution in [0.5, 0.6) is 11.5 Å². The van der Waals surface area contributed by atoms with Crippen molar-refractivity contribution in [3.8, 4) is 22.6 Å². The summed E-state index contributed by atoms with van der Waals surface area (Å²) in [6.45, 7) is 9.61. The number of hydrogen-bond acceptors (Lipinski definition) is 7. The van der Waals surface area contributed by atoms with Crippen LogP contribution in [0, 0.1) is 0 Å². The van der Waals surface area contributed by atoms with Crippen LogP contribution in [0.4, 0.5) is 5.82 Å². The molecule has 190 valence electrons. The highest BCUT2D eigenvalue weighted by molar-refractivity contribution is 5.92. The van der Waals surface area contributed by atoms with Crippen molar-refractivity contribution < 1.29 is 14.3 Å². The fourth-order valence-corrected chi connectivity index (χ4v) is 4.31. The molecule has 1 aliphatic heterocycles. The van der Waals surface area contributed by atoms with Crippen molar-refractivity contribution in [2.45, 2.75) is 26.8 Å². The van der Waals surface area contributed by atoms with E-state index in [2.05, 4.69) is 55.6 Å². The number of carbonyl (C=O) groups excluding carboxylic acids is 1. The Morgan fingerprint density at radius 1 is 0.972 bits per heavy atom. The second-order valence-corrected chi connectivity index (χ2v) is 8.78. The van der Waals surface area contributed by atoms with Crippen LogP contribution >= 0.6 is 0 Å². The monoisotopic (exact) mass is 489 g/mol. The van der Waals surface area contributed by atoms with Crippen molar-refractivity contribution in [1.82, 2.24) is 20.4 Å². The van der Waals surface area contributed by atoms with Gasteiger partial charge in [-0.15, -0.1) is 10.2 Å². The summed E-state index contributed by atoms with van der Waals surface area (Å²) in [4.78, 5) is 16.7. The van der Waals surface area contributed by atoms with Crippen LogP contribution in [0.15, 0.2) is 54.6 Å². The van der Waals surface area contributed by atoms with E-state index in [0.29, 0.717) is 18.8 Å². The number of benzene rings is 2. The van der Waals surface area contributed by atoms with Crippen LogP contribution in [0.25, 0.3) is 11.1 Å². The molecule has 0 radical (unpaired) electrons. The highest BCUT2D eigenvalue weighted by atomic mass is 16.5. The maximum atomic E-state index is 12.1. The smallest absolute Gasteiger partial charge is 0.271 e. The molecule has 1 amide bonds. The molecule has 1 aliphatic rings. The lowest BCUT2D eigenvalue weighted by atomic mass is 10.0. The third-order valence-electron chi connectivity index (χ3n) is 6.27. The third kappa shape index (κ3) is 6.31. The quantitative estimate of drug-likeness (QED) is 0.461. The Kier molecular flexibility index (Phi) is 8.73. The molecule has 2 heterocycles. The van der Waals surface area contributed by atoms with Gasteiger partial charge in [0, 0.05) is 44.8 Å². The van der Waals surface area contributed by atoms with Crippen molar-refractivity contribution >= 4 is 11.7 Å². The molecular formula is C28H35N5O3. The number of carbonyl (C=O) groups is 1. The van der Waals surface area contributed by atoms with E-state index in [1.807, 2.05) is 32.0 Å². The molecule has 1 fully saturated rings. The maximum absolute atomic E-state index is 12.1. The first kappa shape index (κ1) is 25.4. The maximum Gasteiger partial charge on any atom is 0.271 e. The van der Waals surface area contributed by atoms with E-state index in [0.717, 1.165) is 73.2 Å². The fourth-order valence-electron chi connectivity index (χ4n) is 4.31. The average Bonchev–Trinajstić information content (AvgIpc) is 2.93. The van der Waals surface area contributed by atoms with Crippen molar-refractivity contribution in [3.05, 3.63) is 65.9 Å². The summed E-state index contributed by atoms with van der Waals surface area (Å²) in [7, 11) is 1.72. The van der Waals surface area contributed by atoms with E-state index in [1.165, 1.54) is 0 Å². The van der Waals surface area contributed by atoms with E-state index in [-0.39, 0.29) is 5.91 Å². The Labute approximate surface area is 213 Å². The summed E-state index contributed by atoms with van der Waals surface area (Å²) < 4.78 is 11.4. The Morgan fingerprint density at radius 3 is 2.47 bits per heavy atom. The zero-order chi connectivity index (χ0) is 25.3. The SMILES string of the molecule is CCCNC(=O)c1ccc(N2CCN(Cc3ccc(-c4cccc(OCC)c4)cc3OC)CC2)nn1. The number of anilines is 1. The van der Waals surface area contributed by atoms with Gasteiger partial charge >= 0.3 is 0 Å². The number of methoxy groups -OCH3 is 1. The first-order valence-electron chi connectivity index (χ1n) is 12.6. The standard InChI is InChI=1S/C28H35N5O3/c1-4-13-29-28(34)25-11-12-27(31-30-25)33-16-14-32(15-17-33)20-23-10-9-22(19-26(23)35-3)21-7-6-8-24(18-21)36-5-2/h6-12,18-19H,4-5,13-17,20H2,1-3H3,(H,29,34). The predicted molar refractivity (Wildman–Crippen MR) is 142 cm³/mol. The fraction of sp³-hybridized carbons (Fsp3) is 0.393. The molecule has 3 aromatic rings. The van der Waals surface area contributed by atoms with E-state index in [9.17, 15) is 4.79 Å². The second-order valence-electron chi connectivity index (χ2n) is 8.78. The van der Waals surface area contributed by atoms with Gasteiger partial charge in [-0.2, -0.15) is 0 Å². The number of amides is 1. The zero-order valence-corrected chi connectivity index (χ0v) is 21.4. The lowest BCUT2D eigenvalue weighted by Crippen LogP contribution is -2.46. The molecule has 0 saturated carbocycles. The molecule has 0 bridgehead atoms. The second kappa shape index (κ2) is 12.4. The van der Waals surface area contributed by atoms with Gasteiger partial charge in [0.05, 0.1) is 13.7 Å². The molecule has 8 nitrogen and oxygen atoms in total. The molecule has 1 saturated heterocycles. The predicted octanol–water partition coefficient (Wildman–Crippen LogP) is 4.01. The van der Waals surface area contributed by atoms with Crippen LogP contribution < -0.4 is 19.7 Å². The van der Waals surface area contributed by atoms with Crippen LogP contribution in [-0.2, 0) is 6.54 Å². The van der Waals surface area contributed by atoms with Gasteiger partial charge < -0.3 is 19.7 Å². The minimum absolute atomic E-state index is 0.178. The van der Waals surface area contributed by atoms with Gasteiger partial charge in [-0.05, 0) is 54.8 Å². The Hall–Kier alpha value is -3.65. The molecule has 8 heteroatoms. The number of nitrogens with one attached hydrogen (secondary N) is 1. The first-order chi connectivity index (χ1) is 17.6. The minimum Gasteiger partial charge on any atom is -0.496 e. The van der Waals surface area contributed by atoms with Crippen LogP contribution in [-0.4, -0.2) is 67.4 Å². The summed E-state index contributed by atoms with van der Waals surface area (Å²) in [5.74, 6) is 2.38. The van der Waals surface area contributed by atoms with Crippen molar-refractivity contribution in [1.29, 1.82) is 0 Å². The molecule has 1 N–H and O–H groups in total. The molecular weight excluding hydrogens is 454 g/mol. The average molecular weight is 490 g/mol. The number of nitrogens with zero attached hydrogens (tertiary/aromatic N) is 4. The molecule has 0 aliphatic carbocycles. The number of hydrogen-bond donors (Lipinski definition) is 1. The van der Waals surface area contributed by atoms with Gasteiger partial charge in [0.2, 0.25) is 0 Å². The van der Waals surface area contributed by atoms with Gasteiger partial charge in [0.25, 0.3) is 5.91 Å². The Bertz CT molecular complexity index is 1140. The number of rotatable bonds is 10. The van der Waals surface area contributed by atoms with Gasteiger partial charge in [0.15, 0.2) is 11.5 Å². The van der Waals surface area contributed by atoms with Crippen molar-refractivity contribution in [2.24, 2.45) is 0 Å². The minimum atomic E-state index is -0.178. The number of aromatic nitrogens is 2. The van der Waals surface area contributed by atoms with Crippen LogP contribution in [0.2, 0.25) is 0 Å². The lowest BCUT2D eigenvalue weighted by Gasteiger charge is -2.35. The summed E-state index contributed by atoms with van der Waals surface area (Å²) in [5.41, 5.74) is 3.73. The number of ether oxygens (including phenoxy) is 2. The highest BCUT2D eigenvalue weighted by Gasteiger charge is 2.20. The summed E-state index contributed by atoms with van der Waals surface area (Å²) in [6.07, 6.45) is 0.889. The van der Waals surface area contributed by atoms with E-state index < -0.39 is 0 Å². The van der Waals surface area contributed by atoms with E-state index in [1.54, 1.807) is 13.2 Å². The van der Waals surface area contributed by atoms with Gasteiger partial charge in [-0.3, -0.25) is 9.69 Å². The zero-order valence-electron chi connectivity index (χ0n) is 21.4.